The van der Waals surface area contributed by atoms with Crippen molar-refractivity contribution < 1.29 is 15.9 Å². The minimum Gasteiger partial charge on any atom is -0.325 e. The van der Waals surface area contributed by atoms with Gasteiger partial charge >= 0.3 is 0 Å². The minimum absolute atomic E-state index is 0.263. The lowest BCUT2D eigenvalue weighted by Crippen LogP contribution is -2.41. The zero-order chi connectivity index (χ0) is 12.8. The van der Waals surface area contributed by atoms with Crippen molar-refractivity contribution in [3.8, 4) is 0 Å². The molecule has 0 spiro atoms. The summed E-state index contributed by atoms with van der Waals surface area (Å²) < 4.78 is 12.4. The molecule has 0 amide bonds. The maximum Gasteiger partial charge on any atom is 0.185 e. The van der Waals surface area contributed by atoms with Gasteiger partial charge in [0.05, 0.1) is 0 Å². The van der Waals surface area contributed by atoms with Gasteiger partial charge in [-0.15, -0.1) is 0 Å². The highest BCUT2D eigenvalue weighted by Crippen LogP contribution is 2.18. The van der Waals surface area contributed by atoms with Gasteiger partial charge in [-0.2, -0.15) is 0 Å². The van der Waals surface area contributed by atoms with E-state index in [1.54, 1.807) is 12.1 Å². The molecule has 0 radical (unpaired) electrons. The molecule has 0 aromatic heterocycles. The van der Waals surface area contributed by atoms with Gasteiger partial charge in [0.1, 0.15) is 10.7 Å². The van der Waals surface area contributed by atoms with Crippen LogP contribution in [-0.4, -0.2) is 0 Å². The number of benzene rings is 2. The van der Waals surface area contributed by atoms with Crippen molar-refractivity contribution in [2.75, 3.05) is 0 Å². The average Bonchev–Trinajstić information content (AvgIpc) is 2.31. The third kappa shape index (κ3) is 4.15. The van der Waals surface area contributed by atoms with Crippen molar-refractivity contribution in [2.45, 2.75) is 6.92 Å². The molecule has 0 heterocycles. The van der Waals surface area contributed by atoms with Crippen molar-refractivity contribution in [2.24, 2.45) is 0 Å². The highest BCUT2D eigenvalue weighted by atomic mass is 35.5. The molecule has 2 aromatic rings. The normalized spacial score (nSPS) is 9.47. The summed E-state index contributed by atoms with van der Waals surface area (Å²) in [6.07, 6.45) is 0. The Kier molecular flexibility index (Phi) is 5.10. The molecule has 6 N–H and O–H groups in total. The summed E-state index contributed by atoms with van der Waals surface area (Å²) >= 11 is 5.51. The maximum absolute atomic E-state index is 12.4. The smallest absolute Gasteiger partial charge is 0.185 e. The fourth-order valence-corrected chi connectivity index (χ4v) is 1.31. The highest BCUT2D eigenvalue weighted by Gasteiger charge is 2.03. The summed E-state index contributed by atoms with van der Waals surface area (Å²) in [6.45, 7) is 2.06. The average molecular weight is 255 g/mol. The van der Waals surface area contributed by atoms with Crippen LogP contribution >= 0.6 is 11.6 Å². The van der Waals surface area contributed by atoms with E-state index in [0.29, 0.717) is 5.02 Å². The van der Waals surface area contributed by atoms with E-state index in [-0.39, 0.29) is 11.5 Å². The Morgan fingerprint density at radius 3 is 2.06 bits per heavy atom. The molecule has 90 valence electrons. The monoisotopic (exact) mass is 254 g/mol. The van der Waals surface area contributed by atoms with Crippen LogP contribution in [0.15, 0.2) is 42.5 Å². The molecule has 0 unspecified atom stereocenters. The van der Waals surface area contributed by atoms with E-state index in [1.165, 1.54) is 11.6 Å². The van der Waals surface area contributed by atoms with E-state index in [1.807, 2.05) is 18.2 Å². The zero-order valence-electron chi connectivity index (χ0n) is 9.71. The summed E-state index contributed by atoms with van der Waals surface area (Å²) in [6, 6.07) is 12.6. The topological polar surface area (TPSA) is 55.3 Å². The summed E-state index contributed by atoms with van der Waals surface area (Å²) in [7, 11) is 0. The van der Waals surface area contributed by atoms with Gasteiger partial charge in [-0.05, 0) is 25.1 Å². The van der Waals surface area contributed by atoms with Crippen molar-refractivity contribution in [3.63, 3.8) is 0 Å². The predicted molar refractivity (Wildman–Crippen MR) is 67.7 cm³/mol. The van der Waals surface area contributed by atoms with Gasteiger partial charge in [0.15, 0.2) is 11.5 Å². The van der Waals surface area contributed by atoms with Crippen LogP contribution < -0.4 is 11.5 Å². The Hall–Kier alpha value is -1.42. The van der Waals surface area contributed by atoms with E-state index in [0.717, 1.165) is 5.69 Å². The number of hydrogen-bond donors (Lipinski definition) is 2. The molecule has 2 nitrogen and oxygen atoms in total. The number of halogens is 2. The molecule has 4 heteroatoms. The second-order valence-corrected chi connectivity index (χ2v) is 4.03. The molecule has 2 aromatic carbocycles. The van der Waals surface area contributed by atoms with Gasteiger partial charge in [-0.3, -0.25) is 0 Å². The van der Waals surface area contributed by atoms with Crippen LogP contribution in [0.5, 0.6) is 0 Å². The largest absolute Gasteiger partial charge is 0.325 e. The second-order valence-electron chi connectivity index (χ2n) is 3.63. The summed E-state index contributed by atoms with van der Waals surface area (Å²) in [4.78, 5) is 0. The molecule has 0 fully saturated rings. The van der Waals surface area contributed by atoms with E-state index in [4.69, 9.17) is 11.6 Å². The van der Waals surface area contributed by atoms with Crippen LogP contribution in [0.3, 0.4) is 0 Å². The number of quaternary nitrogens is 2. The van der Waals surface area contributed by atoms with Gasteiger partial charge < -0.3 is 11.5 Å². The molecule has 0 saturated heterocycles. The van der Waals surface area contributed by atoms with Gasteiger partial charge in [0.2, 0.25) is 0 Å². The van der Waals surface area contributed by atoms with Crippen LogP contribution in [-0.2, 0) is 0 Å². The quantitative estimate of drug-likeness (QED) is 0.725. The maximum atomic E-state index is 12.4. The van der Waals surface area contributed by atoms with E-state index < -0.39 is 0 Å². The Morgan fingerprint density at radius 1 is 1.00 bits per heavy atom. The summed E-state index contributed by atoms with van der Waals surface area (Å²) in [5.41, 5.74) is 9.87. The Balaban J connectivity index is 0.000000171. The van der Waals surface area contributed by atoms with Gasteiger partial charge in [0.25, 0.3) is 0 Å². The first-order valence-corrected chi connectivity index (χ1v) is 5.53. The molecule has 0 aliphatic rings. The van der Waals surface area contributed by atoms with E-state index in [2.05, 4.69) is 24.5 Å². The lowest BCUT2D eigenvalue weighted by molar-refractivity contribution is -0.258. The van der Waals surface area contributed by atoms with Crippen LogP contribution in [0.25, 0.3) is 0 Å². The van der Waals surface area contributed by atoms with Crippen LogP contribution in [0, 0.1) is 12.7 Å². The lowest BCUT2D eigenvalue weighted by atomic mass is 10.2. The molecule has 0 atom stereocenters. The molecular weight excluding hydrogens is 239 g/mol. The third-order valence-electron chi connectivity index (χ3n) is 2.32. The molecule has 2 rings (SSSR count). The fraction of sp³-hybridized carbons (Fsp3) is 0.0769. The SMILES string of the molecule is Cc1ccccc1[NH3+].[NH3+]c1c(F)cccc1Cl. The van der Waals surface area contributed by atoms with Crippen LogP contribution in [0.4, 0.5) is 15.8 Å². The third-order valence-corrected chi connectivity index (χ3v) is 2.68. The van der Waals surface area contributed by atoms with Gasteiger partial charge in [0, 0.05) is 5.56 Å². The number of aryl methyl sites for hydroxylation is 1. The Bertz CT molecular complexity index is 459. The minimum atomic E-state index is -0.359. The first-order chi connectivity index (χ1) is 8.02. The predicted octanol–water partition coefficient (Wildman–Crippen LogP) is 2.22. The number of hydrogen-bond acceptors (Lipinski definition) is 0. The molecule has 17 heavy (non-hydrogen) atoms. The molecule has 0 aliphatic heterocycles. The molecule has 0 aliphatic carbocycles. The summed E-state index contributed by atoms with van der Waals surface area (Å²) in [5.74, 6) is -0.359. The van der Waals surface area contributed by atoms with Crippen molar-refractivity contribution in [3.05, 3.63) is 58.9 Å². The number of rotatable bonds is 0. The zero-order valence-corrected chi connectivity index (χ0v) is 10.5. The van der Waals surface area contributed by atoms with Crippen molar-refractivity contribution in [1.82, 2.24) is 0 Å². The van der Waals surface area contributed by atoms with Crippen LogP contribution in [0.2, 0.25) is 5.02 Å². The standard InChI is InChI=1S/C7H9N.C6H5ClFN/c1-6-4-2-3-5-7(6)8;7-4-2-1-3-5(8)6(4)9/h2-5H,8H2,1H3;1-3H,9H2/p+2. The Labute approximate surface area is 105 Å². The van der Waals surface area contributed by atoms with Crippen molar-refractivity contribution >= 4 is 23.0 Å². The van der Waals surface area contributed by atoms with Crippen LogP contribution in [0.1, 0.15) is 5.56 Å². The highest BCUT2D eigenvalue weighted by molar-refractivity contribution is 6.32. The molecule has 0 bridgehead atoms. The first kappa shape index (κ1) is 13.6. The summed E-state index contributed by atoms with van der Waals surface area (Å²) in [5, 5.41) is 0.370. The second kappa shape index (κ2) is 6.35. The van der Waals surface area contributed by atoms with Gasteiger partial charge in [-0.25, -0.2) is 4.39 Å². The lowest BCUT2D eigenvalue weighted by Gasteiger charge is -1.91. The first-order valence-electron chi connectivity index (χ1n) is 5.16. The Morgan fingerprint density at radius 2 is 1.65 bits per heavy atom. The van der Waals surface area contributed by atoms with Gasteiger partial charge in [-0.1, -0.05) is 35.9 Å². The molecule has 0 saturated carbocycles. The van der Waals surface area contributed by atoms with Crippen molar-refractivity contribution in [1.29, 1.82) is 0 Å². The van der Waals surface area contributed by atoms with E-state index in [9.17, 15) is 4.39 Å². The van der Waals surface area contributed by atoms with E-state index >= 15 is 0 Å². The molecular formula is C13H16ClFN2+2. The fourth-order valence-electron chi connectivity index (χ4n) is 1.14.